The van der Waals surface area contributed by atoms with Crippen LogP contribution in [0.15, 0.2) is 59.4 Å². The van der Waals surface area contributed by atoms with E-state index in [0.29, 0.717) is 37.6 Å². The average molecular weight is 478 g/mol. The molecule has 0 radical (unpaired) electrons. The van der Waals surface area contributed by atoms with Crippen LogP contribution in [0.4, 0.5) is 21.9 Å². The van der Waals surface area contributed by atoms with Gasteiger partial charge in [-0.25, -0.2) is 4.79 Å². The Bertz CT molecular complexity index is 1260. The summed E-state index contributed by atoms with van der Waals surface area (Å²) in [6.07, 6.45) is -0.316. The summed E-state index contributed by atoms with van der Waals surface area (Å²) in [7, 11) is 0. The van der Waals surface area contributed by atoms with Crippen molar-refractivity contribution in [2.75, 3.05) is 43.4 Å². The molecule has 1 aromatic heterocycles. The minimum absolute atomic E-state index is 0.114. The molecule has 3 N–H and O–H groups in total. The van der Waals surface area contributed by atoms with Gasteiger partial charge in [-0.2, -0.15) is 0 Å². The molecule has 0 unspecified atom stereocenters. The van der Waals surface area contributed by atoms with E-state index in [1.54, 1.807) is 4.90 Å². The summed E-state index contributed by atoms with van der Waals surface area (Å²) < 4.78 is 5.41. The van der Waals surface area contributed by atoms with Gasteiger partial charge in [-0.1, -0.05) is 18.2 Å². The number of amides is 2. The smallest absolute Gasteiger partial charge is 0.410 e. The fourth-order valence-corrected chi connectivity index (χ4v) is 3.92. The van der Waals surface area contributed by atoms with Crippen molar-refractivity contribution in [2.24, 2.45) is 0 Å². The first-order chi connectivity index (χ1) is 16.7. The Labute approximate surface area is 204 Å². The number of fused-ring (bicyclic) bond motifs is 1. The van der Waals surface area contributed by atoms with Crippen LogP contribution < -0.4 is 16.2 Å². The quantitative estimate of drug-likeness (QED) is 0.517. The highest BCUT2D eigenvalue weighted by molar-refractivity contribution is 5.94. The van der Waals surface area contributed by atoms with Crippen LogP contribution in [0.25, 0.3) is 10.9 Å². The number of hydrogen-bond acceptors (Lipinski definition) is 6. The second-order valence-electron chi connectivity index (χ2n) is 9.59. The minimum Gasteiger partial charge on any atom is -0.444 e. The monoisotopic (exact) mass is 477 g/mol. The second kappa shape index (κ2) is 10.2. The number of ether oxygens (including phenoxy) is 1. The number of aromatic nitrogens is 1. The lowest BCUT2D eigenvalue weighted by molar-refractivity contribution is -0.117. The van der Waals surface area contributed by atoms with Gasteiger partial charge >= 0.3 is 6.09 Å². The highest BCUT2D eigenvalue weighted by atomic mass is 16.6. The lowest BCUT2D eigenvalue weighted by Crippen LogP contribution is -2.51. The third kappa shape index (κ3) is 6.60. The average Bonchev–Trinajstić information content (AvgIpc) is 2.79. The molecule has 3 aromatic rings. The van der Waals surface area contributed by atoms with E-state index >= 15 is 0 Å². The number of rotatable bonds is 5. The van der Waals surface area contributed by atoms with Gasteiger partial charge in [0.05, 0.1) is 17.7 Å². The first-order valence-electron chi connectivity index (χ1n) is 11.7. The number of anilines is 3. The van der Waals surface area contributed by atoms with E-state index in [1.165, 1.54) is 6.07 Å². The van der Waals surface area contributed by atoms with Crippen LogP contribution in [-0.2, 0) is 9.53 Å². The lowest BCUT2D eigenvalue weighted by atomic mass is 10.1. The summed E-state index contributed by atoms with van der Waals surface area (Å²) >= 11 is 0. The Morgan fingerprint density at radius 1 is 0.971 bits per heavy atom. The zero-order valence-corrected chi connectivity index (χ0v) is 20.3. The van der Waals surface area contributed by atoms with Crippen molar-refractivity contribution in [3.05, 3.63) is 65.0 Å². The highest BCUT2D eigenvalue weighted by Crippen LogP contribution is 2.24. The summed E-state index contributed by atoms with van der Waals surface area (Å²) in [6, 6.07) is 16.5. The molecule has 1 aliphatic rings. The molecule has 1 saturated heterocycles. The summed E-state index contributed by atoms with van der Waals surface area (Å²) in [5.74, 6) is -0.114. The summed E-state index contributed by atoms with van der Waals surface area (Å²) in [4.78, 5) is 43.2. The number of piperazine rings is 1. The van der Waals surface area contributed by atoms with Crippen molar-refractivity contribution in [1.29, 1.82) is 0 Å². The van der Waals surface area contributed by atoms with Crippen molar-refractivity contribution >= 4 is 40.0 Å². The number of hydrogen-bond donors (Lipinski definition) is 3. The van der Waals surface area contributed by atoms with Gasteiger partial charge in [0.1, 0.15) is 5.60 Å². The van der Waals surface area contributed by atoms with E-state index in [2.05, 4.69) is 15.6 Å². The normalized spacial score (nSPS) is 14.5. The molecule has 9 nitrogen and oxygen atoms in total. The van der Waals surface area contributed by atoms with Gasteiger partial charge < -0.3 is 25.3 Å². The lowest BCUT2D eigenvalue weighted by Gasteiger charge is -2.35. The molecule has 184 valence electrons. The molecule has 2 aromatic carbocycles. The van der Waals surface area contributed by atoms with Gasteiger partial charge in [0.25, 0.3) is 0 Å². The van der Waals surface area contributed by atoms with Gasteiger partial charge in [-0.15, -0.1) is 0 Å². The molecular weight excluding hydrogens is 446 g/mol. The third-order valence-corrected chi connectivity index (χ3v) is 5.59. The SMILES string of the molecule is CC(C)(C)OC(=O)N1CCN(CC(=O)Nc2ccc(Nc3cc(=O)[nH]c4ccccc34)cc2)CC1. The fourth-order valence-electron chi connectivity index (χ4n) is 3.92. The van der Waals surface area contributed by atoms with Crippen LogP contribution in [0.5, 0.6) is 0 Å². The Morgan fingerprint density at radius 2 is 1.63 bits per heavy atom. The van der Waals surface area contributed by atoms with Crippen molar-refractivity contribution in [1.82, 2.24) is 14.8 Å². The largest absolute Gasteiger partial charge is 0.444 e. The zero-order valence-electron chi connectivity index (χ0n) is 20.3. The van der Waals surface area contributed by atoms with Crippen molar-refractivity contribution in [2.45, 2.75) is 26.4 Å². The van der Waals surface area contributed by atoms with Gasteiger partial charge in [-0.05, 0) is 51.1 Å². The maximum Gasteiger partial charge on any atom is 0.410 e. The summed E-state index contributed by atoms with van der Waals surface area (Å²) in [5.41, 5.74) is 2.26. The van der Waals surface area contributed by atoms with Gasteiger partial charge in [0.15, 0.2) is 0 Å². The van der Waals surface area contributed by atoms with Crippen LogP contribution in [-0.4, -0.2) is 65.1 Å². The maximum atomic E-state index is 12.5. The maximum absolute atomic E-state index is 12.5. The summed E-state index contributed by atoms with van der Waals surface area (Å²) in [5, 5.41) is 7.11. The molecule has 2 heterocycles. The number of benzene rings is 2. The Balaban J connectivity index is 1.28. The van der Waals surface area contributed by atoms with E-state index in [0.717, 1.165) is 16.6 Å². The zero-order chi connectivity index (χ0) is 25.0. The number of pyridine rings is 1. The van der Waals surface area contributed by atoms with Crippen molar-refractivity contribution in [3.63, 3.8) is 0 Å². The number of aromatic amines is 1. The highest BCUT2D eigenvalue weighted by Gasteiger charge is 2.26. The molecule has 1 aliphatic heterocycles. The molecule has 35 heavy (non-hydrogen) atoms. The number of para-hydroxylation sites is 1. The first-order valence-corrected chi connectivity index (χ1v) is 11.7. The molecule has 4 rings (SSSR count). The number of H-pyrrole nitrogens is 1. The molecule has 0 spiro atoms. The molecule has 0 atom stereocenters. The Morgan fingerprint density at radius 3 is 2.31 bits per heavy atom. The van der Waals surface area contributed by atoms with E-state index in [1.807, 2.05) is 74.2 Å². The van der Waals surface area contributed by atoms with E-state index < -0.39 is 5.60 Å². The van der Waals surface area contributed by atoms with Gasteiger partial charge in [0, 0.05) is 49.0 Å². The molecular formula is C26H31N5O4. The molecule has 1 fully saturated rings. The van der Waals surface area contributed by atoms with E-state index in [-0.39, 0.29) is 24.1 Å². The number of nitrogens with zero attached hydrogens (tertiary/aromatic N) is 2. The van der Waals surface area contributed by atoms with Gasteiger partial charge in [0.2, 0.25) is 11.5 Å². The third-order valence-electron chi connectivity index (χ3n) is 5.59. The first kappa shape index (κ1) is 24.3. The molecule has 2 amide bonds. The fraction of sp³-hybridized carbons (Fsp3) is 0.346. The van der Waals surface area contributed by atoms with Crippen molar-refractivity contribution < 1.29 is 14.3 Å². The van der Waals surface area contributed by atoms with Crippen molar-refractivity contribution in [3.8, 4) is 0 Å². The second-order valence-corrected chi connectivity index (χ2v) is 9.59. The number of nitrogens with one attached hydrogen (secondary N) is 3. The van der Waals surface area contributed by atoms with Crippen LogP contribution in [0, 0.1) is 0 Å². The van der Waals surface area contributed by atoms with Crippen LogP contribution in [0.2, 0.25) is 0 Å². The van der Waals surface area contributed by atoms with E-state index in [4.69, 9.17) is 4.74 Å². The van der Waals surface area contributed by atoms with Crippen LogP contribution >= 0.6 is 0 Å². The molecule has 0 aliphatic carbocycles. The van der Waals surface area contributed by atoms with Crippen LogP contribution in [0.3, 0.4) is 0 Å². The summed E-state index contributed by atoms with van der Waals surface area (Å²) in [6.45, 7) is 8.07. The molecule has 0 saturated carbocycles. The number of carbonyl (C=O) groups excluding carboxylic acids is 2. The Kier molecular flexibility index (Phi) is 7.07. The van der Waals surface area contributed by atoms with E-state index in [9.17, 15) is 14.4 Å². The minimum atomic E-state index is -0.522. The standard InChI is InChI=1S/C26H31N5O4/c1-26(2,3)35-25(34)31-14-12-30(13-15-31)17-24(33)28-19-10-8-18(9-11-19)27-22-16-23(32)29-21-7-5-4-6-20(21)22/h4-11,16H,12-15,17H2,1-3H3,(H,28,33)(H2,27,29,32). The molecule has 9 heteroatoms. The van der Waals surface area contributed by atoms with Gasteiger partial charge in [-0.3, -0.25) is 14.5 Å². The van der Waals surface area contributed by atoms with Crippen LogP contribution in [0.1, 0.15) is 20.8 Å². The molecule has 0 bridgehead atoms. The topological polar surface area (TPSA) is 107 Å². The Hall–Kier alpha value is -3.85. The predicted octanol–water partition coefficient (Wildman–Crippen LogP) is 3.76. The predicted molar refractivity (Wildman–Crippen MR) is 137 cm³/mol. The number of carbonyl (C=O) groups is 2.